The van der Waals surface area contributed by atoms with Gasteiger partial charge >= 0.3 is 5.63 Å². The lowest BCUT2D eigenvalue weighted by Crippen LogP contribution is -2.34. The van der Waals surface area contributed by atoms with Crippen LogP contribution < -0.4 is 10.5 Å². The molecule has 7 heteroatoms. The third-order valence-corrected chi connectivity index (χ3v) is 7.24. The Morgan fingerprint density at radius 2 is 1.81 bits per heavy atom. The Kier molecular flexibility index (Phi) is 5.34. The molecule has 0 saturated carbocycles. The molecular formula is C29H21N3O3S. The lowest BCUT2D eigenvalue weighted by atomic mass is 10.0. The molecule has 0 fully saturated rings. The van der Waals surface area contributed by atoms with Crippen molar-refractivity contribution in [2.75, 3.05) is 4.90 Å². The van der Waals surface area contributed by atoms with Crippen molar-refractivity contribution in [3.05, 3.63) is 112 Å². The van der Waals surface area contributed by atoms with Crippen molar-refractivity contribution >= 4 is 54.3 Å². The van der Waals surface area contributed by atoms with Crippen LogP contribution in [0.3, 0.4) is 0 Å². The molecular weight excluding hydrogens is 470 g/mol. The van der Waals surface area contributed by atoms with Crippen LogP contribution in [0.5, 0.6) is 0 Å². The summed E-state index contributed by atoms with van der Waals surface area (Å²) in [5.41, 5.74) is 3.42. The number of aromatic nitrogens is 2. The molecule has 176 valence electrons. The lowest BCUT2D eigenvalue weighted by molar-refractivity contribution is 0.0981. The lowest BCUT2D eigenvalue weighted by Gasteiger charge is -2.19. The second-order valence-corrected chi connectivity index (χ2v) is 9.79. The van der Waals surface area contributed by atoms with Crippen LogP contribution in [-0.2, 0) is 6.54 Å². The number of aryl methyl sites for hydroxylation is 2. The average Bonchev–Trinajstić information content (AvgIpc) is 3.31. The van der Waals surface area contributed by atoms with Crippen molar-refractivity contribution in [1.82, 2.24) is 9.97 Å². The summed E-state index contributed by atoms with van der Waals surface area (Å²) in [6.07, 6.45) is 1.68. The first-order valence-electron chi connectivity index (χ1n) is 11.5. The van der Waals surface area contributed by atoms with Gasteiger partial charge in [0, 0.05) is 11.6 Å². The predicted molar refractivity (Wildman–Crippen MR) is 144 cm³/mol. The van der Waals surface area contributed by atoms with Gasteiger partial charge in [0.25, 0.3) is 5.91 Å². The predicted octanol–water partition coefficient (Wildman–Crippen LogP) is 6.41. The van der Waals surface area contributed by atoms with E-state index in [4.69, 9.17) is 9.40 Å². The number of amides is 1. The normalized spacial score (nSPS) is 11.4. The molecule has 0 radical (unpaired) electrons. The summed E-state index contributed by atoms with van der Waals surface area (Å²) in [6.45, 7) is 4.21. The summed E-state index contributed by atoms with van der Waals surface area (Å²) < 4.78 is 6.60. The number of hydrogen-bond acceptors (Lipinski definition) is 6. The number of pyridine rings is 1. The first-order chi connectivity index (χ1) is 17.5. The van der Waals surface area contributed by atoms with Gasteiger partial charge in [-0.2, -0.15) is 0 Å². The monoisotopic (exact) mass is 491 g/mol. The number of hydrogen-bond donors (Lipinski definition) is 0. The molecule has 0 aliphatic heterocycles. The fraction of sp³-hybridized carbons (Fsp3) is 0.103. The summed E-state index contributed by atoms with van der Waals surface area (Å²) in [7, 11) is 0. The topological polar surface area (TPSA) is 76.3 Å². The molecule has 0 unspecified atom stereocenters. The maximum atomic E-state index is 14.0. The summed E-state index contributed by atoms with van der Waals surface area (Å²) in [4.78, 5) is 37.7. The maximum Gasteiger partial charge on any atom is 0.349 e. The quantitative estimate of drug-likeness (QED) is 0.210. The van der Waals surface area contributed by atoms with Gasteiger partial charge in [0.05, 0.1) is 22.5 Å². The number of fused-ring (bicyclic) bond motifs is 4. The first-order valence-corrected chi connectivity index (χ1v) is 12.3. The van der Waals surface area contributed by atoms with Crippen molar-refractivity contribution in [2.24, 2.45) is 0 Å². The standard InChI is InChI=1S/C29H21N3O3S/c1-17-13-18(2)26-25(14-17)36-29(31-26)32(16-20-8-5-6-12-30-20)27(33)23-15-22-21-9-4-3-7-19(21)10-11-24(22)35-28(23)34/h3-15H,16H2,1-2H3. The van der Waals surface area contributed by atoms with Gasteiger partial charge in [-0.25, -0.2) is 9.78 Å². The zero-order valence-electron chi connectivity index (χ0n) is 19.7. The van der Waals surface area contributed by atoms with Crippen LogP contribution in [-0.4, -0.2) is 15.9 Å². The van der Waals surface area contributed by atoms with Gasteiger partial charge in [-0.1, -0.05) is 53.8 Å². The summed E-state index contributed by atoms with van der Waals surface area (Å²) >= 11 is 1.42. The molecule has 6 nitrogen and oxygen atoms in total. The van der Waals surface area contributed by atoms with E-state index in [0.717, 1.165) is 32.1 Å². The second-order valence-electron chi connectivity index (χ2n) is 8.78. The second kappa shape index (κ2) is 8.70. The summed E-state index contributed by atoms with van der Waals surface area (Å²) in [6, 6.07) is 22.8. The molecule has 0 atom stereocenters. The highest BCUT2D eigenvalue weighted by molar-refractivity contribution is 7.22. The van der Waals surface area contributed by atoms with Crippen molar-refractivity contribution in [1.29, 1.82) is 0 Å². The number of carbonyl (C=O) groups excluding carboxylic acids is 1. The van der Waals surface area contributed by atoms with Crippen LogP contribution in [0.25, 0.3) is 32.0 Å². The number of benzene rings is 3. The van der Waals surface area contributed by atoms with Gasteiger partial charge in [0.2, 0.25) is 0 Å². The third-order valence-electron chi connectivity index (χ3n) is 6.21. The number of nitrogens with zero attached hydrogens (tertiary/aromatic N) is 3. The molecule has 0 aliphatic rings. The van der Waals surface area contributed by atoms with Crippen molar-refractivity contribution in [3.8, 4) is 0 Å². The molecule has 0 N–H and O–H groups in total. The Bertz CT molecular complexity index is 1840. The fourth-order valence-corrected chi connectivity index (χ4v) is 5.66. The van der Waals surface area contributed by atoms with Crippen LogP contribution in [0, 0.1) is 13.8 Å². The minimum atomic E-state index is -0.679. The molecule has 3 aromatic carbocycles. The van der Waals surface area contributed by atoms with E-state index in [2.05, 4.69) is 17.1 Å². The summed E-state index contributed by atoms with van der Waals surface area (Å²) in [5, 5.41) is 3.13. The molecule has 0 saturated heterocycles. The molecule has 6 rings (SSSR count). The zero-order valence-corrected chi connectivity index (χ0v) is 20.5. The van der Waals surface area contributed by atoms with Gasteiger partial charge < -0.3 is 4.42 Å². The Balaban J connectivity index is 1.53. The first kappa shape index (κ1) is 22.1. The molecule has 6 aromatic rings. The highest BCUT2D eigenvalue weighted by Gasteiger charge is 2.26. The van der Waals surface area contributed by atoms with Crippen LogP contribution >= 0.6 is 11.3 Å². The van der Waals surface area contributed by atoms with Crippen molar-refractivity contribution < 1.29 is 9.21 Å². The van der Waals surface area contributed by atoms with E-state index in [0.29, 0.717) is 21.8 Å². The molecule has 0 bridgehead atoms. The smallest absolute Gasteiger partial charge is 0.349 e. The van der Waals surface area contributed by atoms with Crippen LogP contribution in [0.4, 0.5) is 5.13 Å². The Hall–Kier alpha value is -4.36. The van der Waals surface area contributed by atoms with E-state index in [1.807, 2.05) is 62.4 Å². The van der Waals surface area contributed by atoms with Gasteiger partial charge in [-0.05, 0) is 66.1 Å². The van der Waals surface area contributed by atoms with E-state index in [1.54, 1.807) is 18.3 Å². The highest BCUT2D eigenvalue weighted by atomic mass is 32.1. The molecule has 0 aliphatic carbocycles. The largest absolute Gasteiger partial charge is 0.422 e. The van der Waals surface area contributed by atoms with Gasteiger partial charge in [-0.3, -0.25) is 14.7 Å². The van der Waals surface area contributed by atoms with E-state index in [-0.39, 0.29) is 12.1 Å². The molecule has 3 heterocycles. The number of carbonyl (C=O) groups is 1. The van der Waals surface area contributed by atoms with Gasteiger partial charge in [0.1, 0.15) is 11.1 Å². The van der Waals surface area contributed by atoms with Crippen LogP contribution in [0.1, 0.15) is 27.2 Å². The Morgan fingerprint density at radius 3 is 2.64 bits per heavy atom. The Labute approximate surface area is 210 Å². The highest BCUT2D eigenvalue weighted by Crippen LogP contribution is 2.33. The van der Waals surface area contributed by atoms with Crippen LogP contribution in [0.15, 0.2) is 88.2 Å². The molecule has 1 amide bonds. The van der Waals surface area contributed by atoms with E-state index in [9.17, 15) is 9.59 Å². The van der Waals surface area contributed by atoms with Crippen molar-refractivity contribution in [2.45, 2.75) is 20.4 Å². The molecule has 36 heavy (non-hydrogen) atoms. The third kappa shape index (κ3) is 3.83. The SMILES string of the molecule is Cc1cc(C)c2nc(N(Cc3ccccn3)C(=O)c3cc4c(ccc5ccccc54)oc3=O)sc2c1. The minimum absolute atomic E-state index is 0.0399. The number of anilines is 1. The average molecular weight is 492 g/mol. The van der Waals surface area contributed by atoms with Gasteiger partial charge in [0.15, 0.2) is 5.13 Å². The van der Waals surface area contributed by atoms with Gasteiger partial charge in [-0.15, -0.1) is 0 Å². The van der Waals surface area contributed by atoms with E-state index in [1.165, 1.54) is 16.2 Å². The van der Waals surface area contributed by atoms with Crippen LogP contribution in [0.2, 0.25) is 0 Å². The van der Waals surface area contributed by atoms with E-state index >= 15 is 0 Å². The zero-order chi connectivity index (χ0) is 24.8. The van der Waals surface area contributed by atoms with E-state index < -0.39 is 11.5 Å². The fourth-order valence-electron chi connectivity index (χ4n) is 4.52. The summed E-state index contributed by atoms with van der Waals surface area (Å²) in [5.74, 6) is -0.474. The number of rotatable bonds is 4. The molecule has 3 aromatic heterocycles. The van der Waals surface area contributed by atoms with Crippen molar-refractivity contribution in [3.63, 3.8) is 0 Å². The Morgan fingerprint density at radius 1 is 0.972 bits per heavy atom. The maximum absolute atomic E-state index is 14.0. The molecule has 0 spiro atoms. The number of thiazole rings is 1. The minimum Gasteiger partial charge on any atom is -0.422 e.